The van der Waals surface area contributed by atoms with E-state index in [1.165, 1.54) is 30.2 Å². The van der Waals surface area contributed by atoms with Gasteiger partial charge < -0.3 is 19.2 Å². The lowest BCUT2D eigenvalue weighted by Gasteiger charge is -2.37. The lowest BCUT2D eigenvalue weighted by atomic mass is 9.87. The van der Waals surface area contributed by atoms with E-state index in [1.54, 1.807) is 13.0 Å². The van der Waals surface area contributed by atoms with Crippen LogP contribution in [0.25, 0.3) is 11.1 Å². The molecule has 1 aromatic heterocycles. The lowest BCUT2D eigenvalue weighted by Crippen LogP contribution is -2.54. The van der Waals surface area contributed by atoms with Crippen LogP contribution in [-0.4, -0.2) is 53.9 Å². The average Bonchev–Trinajstić information content (AvgIpc) is 3.62. The van der Waals surface area contributed by atoms with Gasteiger partial charge >= 0.3 is 11.9 Å². The zero-order valence-electron chi connectivity index (χ0n) is 22.5. The maximum atomic E-state index is 16.5. The fourth-order valence-electron chi connectivity index (χ4n) is 5.46. The molecule has 1 aliphatic carbocycles. The highest BCUT2D eigenvalue weighted by Gasteiger charge is 2.48. The third kappa shape index (κ3) is 5.85. The van der Waals surface area contributed by atoms with Crippen LogP contribution in [0, 0.1) is 24.5 Å². The number of aromatic nitrogens is 1. The molecular weight excluding hydrogens is 527 g/mol. The summed E-state index contributed by atoms with van der Waals surface area (Å²) in [5.74, 6) is -5.26. The highest BCUT2D eigenvalue weighted by molar-refractivity contribution is 5.88. The molecule has 0 radical (unpaired) electrons. The van der Waals surface area contributed by atoms with E-state index in [-0.39, 0.29) is 34.6 Å². The van der Waals surface area contributed by atoms with Crippen LogP contribution in [0.3, 0.4) is 0 Å². The second-order valence-corrected chi connectivity index (χ2v) is 10.5. The van der Waals surface area contributed by atoms with Gasteiger partial charge in [-0.1, -0.05) is 6.07 Å². The number of methoxy groups -OCH3 is 1. The number of esters is 1. The monoisotopic (exact) mass is 559 g/mol. The standard InChI is InChI=1S/C29H32F3N3O5/c1-17-5-8-20(30)16-23(17)33-28-34-26-22(31)13-18(14-24(26)39-28)15-25(36)29(32,35-11-3-4-12-35)40-21-9-6-19(7-10-21)27(37)38-2/h5,8,13-14,16,19,21H,3-4,6-7,9-12,15H2,1-2H3,(H,33,34)/t19-,21-,29?. The van der Waals surface area contributed by atoms with Gasteiger partial charge in [0, 0.05) is 25.2 Å². The van der Waals surface area contributed by atoms with Crippen molar-refractivity contribution in [1.29, 1.82) is 0 Å². The Bertz CT molecular complexity index is 1400. The number of likely N-dealkylation sites (tertiary alicyclic amines) is 1. The molecule has 11 heteroatoms. The fraction of sp³-hybridized carbons (Fsp3) is 0.483. The summed E-state index contributed by atoms with van der Waals surface area (Å²) in [6.07, 6.45) is 2.32. The number of benzene rings is 2. The first-order valence-electron chi connectivity index (χ1n) is 13.5. The smallest absolute Gasteiger partial charge is 0.330 e. The van der Waals surface area contributed by atoms with Crippen LogP contribution in [0.15, 0.2) is 34.7 Å². The number of rotatable bonds is 9. The molecule has 2 fully saturated rings. The topological polar surface area (TPSA) is 93.9 Å². The number of nitrogens with zero attached hydrogens (tertiary/aromatic N) is 2. The zero-order valence-corrected chi connectivity index (χ0v) is 22.5. The SMILES string of the molecule is COC(=O)[C@H]1CC[C@H](OC(F)(C(=O)Cc2cc(F)c3nc(Nc4cc(F)ccc4C)oc3c2)N2CCCC2)CC1. The summed E-state index contributed by atoms with van der Waals surface area (Å²) in [7, 11) is 1.34. The Kier molecular flexibility index (Phi) is 8.14. The van der Waals surface area contributed by atoms with Crippen molar-refractivity contribution in [1.82, 2.24) is 9.88 Å². The van der Waals surface area contributed by atoms with Gasteiger partial charge in [-0.15, -0.1) is 0 Å². The van der Waals surface area contributed by atoms with Crippen LogP contribution in [0.4, 0.5) is 24.9 Å². The maximum Gasteiger partial charge on any atom is 0.330 e. The summed E-state index contributed by atoms with van der Waals surface area (Å²) in [4.78, 5) is 30.8. The average molecular weight is 560 g/mol. The number of hydrogen-bond donors (Lipinski definition) is 1. The molecule has 0 bridgehead atoms. The molecule has 0 amide bonds. The number of carbonyl (C=O) groups excluding carboxylic acids is 2. The van der Waals surface area contributed by atoms with Crippen molar-refractivity contribution in [3.05, 3.63) is 53.1 Å². The van der Waals surface area contributed by atoms with Gasteiger partial charge in [0.15, 0.2) is 11.4 Å². The number of Topliss-reactive ketones (excluding diaryl/α,β-unsaturated/α-hetero) is 1. The number of halogens is 3. The molecule has 1 aliphatic heterocycles. The Morgan fingerprint density at radius 3 is 2.55 bits per heavy atom. The zero-order chi connectivity index (χ0) is 28.4. The van der Waals surface area contributed by atoms with Gasteiger partial charge in [-0.25, -0.2) is 13.7 Å². The van der Waals surface area contributed by atoms with Crippen LogP contribution in [-0.2, 0) is 25.5 Å². The predicted octanol–water partition coefficient (Wildman–Crippen LogP) is 5.74. The number of alkyl halides is 1. The molecule has 8 nitrogen and oxygen atoms in total. The number of ether oxygens (including phenoxy) is 2. The number of anilines is 2. The lowest BCUT2D eigenvalue weighted by molar-refractivity contribution is -0.252. The van der Waals surface area contributed by atoms with Crippen molar-refractivity contribution < 1.29 is 36.7 Å². The van der Waals surface area contributed by atoms with Crippen molar-refractivity contribution in [3.63, 3.8) is 0 Å². The third-order valence-corrected chi connectivity index (χ3v) is 7.70. The Balaban J connectivity index is 1.33. The highest BCUT2D eigenvalue weighted by atomic mass is 19.2. The number of nitrogens with one attached hydrogen (secondary N) is 1. The Morgan fingerprint density at radius 1 is 1.12 bits per heavy atom. The molecule has 1 saturated carbocycles. The van der Waals surface area contributed by atoms with Gasteiger partial charge in [0.1, 0.15) is 11.3 Å². The van der Waals surface area contributed by atoms with E-state index in [9.17, 15) is 18.4 Å². The minimum atomic E-state index is -2.67. The molecule has 3 aromatic rings. The molecule has 2 heterocycles. The Morgan fingerprint density at radius 2 is 1.85 bits per heavy atom. The van der Waals surface area contributed by atoms with Crippen molar-refractivity contribution in [3.8, 4) is 0 Å². The molecule has 5 rings (SSSR count). The first kappa shape index (κ1) is 28.1. The van der Waals surface area contributed by atoms with Gasteiger partial charge in [-0.05, 0) is 80.8 Å². The number of hydrogen-bond acceptors (Lipinski definition) is 8. The normalized spacial score (nSPS) is 21.3. The van der Waals surface area contributed by atoms with Gasteiger partial charge in [0.2, 0.25) is 5.78 Å². The molecule has 2 aromatic carbocycles. The van der Waals surface area contributed by atoms with Crippen LogP contribution in [0.5, 0.6) is 0 Å². The minimum absolute atomic E-state index is 0.0473. The second kappa shape index (κ2) is 11.6. The number of oxazole rings is 1. The van der Waals surface area contributed by atoms with Crippen LogP contribution in [0.1, 0.15) is 49.7 Å². The van der Waals surface area contributed by atoms with Gasteiger partial charge in [-0.3, -0.25) is 9.59 Å². The summed E-state index contributed by atoms with van der Waals surface area (Å²) in [6, 6.07) is 6.70. The van der Waals surface area contributed by atoms with Crippen molar-refractivity contribution >= 4 is 34.6 Å². The largest absolute Gasteiger partial charge is 0.469 e. The van der Waals surface area contributed by atoms with Crippen molar-refractivity contribution in [2.45, 2.75) is 64.0 Å². The molecule has 1 unspecified atom stereocenters. The third-order valence-electron chi connectivity index (χ3n) is 7.70. The summed E-state index contributed by atoms with van der Waals surface area (Å²) in [5, 5.41) is 2.84. The number of ketones is 1. The molecule has 1 N–H and O–H groups in total. The first-order chi connectivity index (χ1) is 19.2. The quantitative estimate of drug-likeness (QED) is 0.262. The van der Waals surface area contributed by atoms with E-state index in [4.69, 9.17) is 13.9 Å². The molecule has 1 atom stereocenters. The molecular formula is C29H32F3N3O5. The maximum absolute atomic E-state index is 16.5. The summed E-state index contributed by atoms with van der Waals surface area (Å²) in [5.41, 5.74) is 1.34. The molecule has 0 spiro atoms. The van der Waals surface area contributed by atoms with E-state index >= 15 is 4.39 Å². The molecule has 2 aliphatic rings. The molecule has 40 heavy (non-hydrogen) atoms. The van der Waals surface area contributed by atoms with Crippen LogP contribution >= 0.6 is 0 Å². The number of aryl methyl sites for hydroxylation is 1. The summed E-state index contributed by atoms with van der Waals surface area (Å²) in [6.45, 7) is 2.50. The number of fused-ring (bicyclic) bond motifs is 1. The van der Waals surface area contributed by atoms with Gasteiger partial charge in [0.25, 0.3) is 6.01 Å². The van der Waals surface area contributed by atoms with E-state index in [2.05, 4.69) is 10.3 Å². The second-order valence-electron chi connectivity index (χ2n) is 10.5. The van der Waals surface area contributed by atoms with E-state index in [0.717, 1.165) is 24.5 Å². The van der Waals surface area contributed by atoms with Crippen molar-refractivity contribution in [2.24, 2.45) is 5.92 Å². The Hall–Kier alpha value is -3.44. The summed E-state index contributed by atoms with van der Waals surface area (Å²) < 4.78 is 61.5. The predicted molar refractivity (Wildman–Crippen MR) is 141 cm³/mol. The minimum Gasteiger partial charge on any atom is -0.469 e. The summed E-state index contributed by atoms with van der Waals surface area (Å²) >= 11 is 0. The van der Waals surface area contributed by atoms with E-state index in [0.29, 0.717) is 44.5 Å². The first-order valence-corrected chi connectivity index (χ1v) is 13.5. The van der Waals surface area contributed by atoms with E-state index < -0.39 is 35.9 Å². The highest BCUT2D eigenvalue weighted by Crippen LogP contribution is 2.35. The number of carbonyl (C=O) groups is 2. The van der Waals surface area contributed by atoms with Crippen LogP contribution in [0.2, 0.25) is 0 Å². The molecule has 214 valence electrons. The Labute approximate surface area is 229 Å². The van der Waals surface area contributed by atoms with Gasteiger partial charge in [-0.2, -0.15) is 9.37 Å². The van der Waals surface area contributed by atoms with E-state index in [1.807, 2.05) is 0 Å². The molecule has 1 saturated heterocycles. The van der Waals surface area contributed by atoms with Crippen LogP contribution < -0.4 is 5.32 Å². The van der Waals surface area contributed by atoms with Crippen molar-refractivity contribution in [2.75, 3.05) is 25.5 Å². The fourth-order valence-corrected chi connectivity index (χ4v) is 5.46. The van der Waals surface area contributed by atoms with Gasteiger partial charge in [0.05, 0.1) is 19.1 Å².